The molecule has 3 nitrogen and oxygen atoms in total. The number of rotatable bonds is 6. The lowest BCUT2D eigenvalue weighted by Crippen LogP contribution is -2.27. The molecule has 0 saturated carbocycles. The molecule has 0 aliphatic rings. The molecular weight excluding hydrogens is 303 g/mol. The summed E-state index contributed by atoms with van der Waals surface area (Å²) in [6, 6.07) is 14.0. The molecule has 2 aromatic carbocycles. The Bertz CT molecular complexity index is 833. The third kappa shape index (κ3) is 4.09. The summed E-state index contributed by atoms with van der Waals surface area (Å²) >= 11 is 0. The zero-order valence-corrected chi connectivity index (χ0v) is 13.9. The average Bonchev–Trinajstić information content (AvgIpc) is 2.58. The van der Waals surface area contributed by atoms with Crippen LogP contribution in [-0.2, 0) is 0 Å². The molecule has 3 aromatic rings. The maximum absolute atomic E-state index is 13.3. The molecule has 1 aromatic heterocycles. The van der Waals surface area contributed by atoms with Crippen molar-refractivity contribution in [2.45, 2.75) is 19.9 Å². The van der Waals surface area contributed by atoms with E-state index in [9.17, 15) is 4.39 Å². The summed E-state index contributed by atoms with van der Waals surface area (Å²) in [4.78, 5) is 3.91. The van der Waals surface area contributed by atoms with Gasteiger partial charge in [-0.2, -0.15) is 0 Å². The van der Waals surface area contributed by atoms with Gasteiger partial charge in [0, 0.05) is 24.3 Å². The van der Waals surface area contributed by atoms with E-state index in [0.717, 1.165) is 34.2 Å². The lowest BCUT2D eigenvalue weighted by Gasteiger charge is -2.11. The van der Waals surface area contributed by atoms with Crippen LogP contribution in [0.3, 0.4) is 0 Å². The number of nitrogens with one attached hydrogen (secondary N) is 1. The first-order valence-corrected chi connectivity index (χ1v) is 8.13. The van der Waals surface area contributed by atoms with Crippen molar-refractivity contribution in [2.75, 3.05) is 13.2 Å². The van der Waals surface area contributed by atoms with Crippen molar-refractivity contribution in [3.8, 4) is 16.9 Å². The monoisotopic (exact) mass is 324 g/mol. The van der Waals surface area contributed by atoms with Crippen molar-refractivity contribution < 1.29 is 9.13 Å². The Morgan fingerprint density at radius 2 is 1.79 bits per heavy atom. The van der Waals surface area contributed by atoms with Gasteiger partial charge in [0.25, 0.3) is 0 Å². The van der Waals surface area contributed by atoms with Gasteiger partial charge in [-0.25, -0.2) is 4.39 Å². The van der Waals surface area contributed by atoms with Crippen LogP contribution in [0.1, 0.15) is 13.8 Å². The van der Waals surface area contributed by atoms with Crippen LogP contribution in [0.2, 0.25) is 0 Å². The molecule has 0 radical (unpaired) electrons. The van der Waals surface area contributed by atoms with E-state index in [1.54, 1.807) is 6.20 Å². The zero-order chi connectivity index (χ0) is 16.9. The van der Waals surface area contributed by atoms with E-state index in [1.165, 1.54) is 12.3 Å². The highest BCUT2D eigenvalue weighted by molar-refractivity contribution is 5.88. The quantitative estimate of drug-likeness (QED) is 0.682. The number of benzene rings is 2. The second kappa shape index (κ2) is 7.41. The Kier molecular flexibility index (Phi) is 5.06. The van der Waals surface area contributed by atoms with Crippen molar-refractivity contribution >= 4 is 10.8 Å². The minimum Gasteiger partial charge on any atom is -0.492 e. The lowest BCUT2D eigenvalue weighted by molar-refractivity contribution is 0.309. The summed E-state index contributed by atoms with van der Waals surface area (Å²) in [5, 5.41) is 5.50. The fraction of sp³-hybridized carbons (Fsp3) is 0.250. The molecule has 0 saturated heterocycles. The number of pyridine rings is 1. The molecule has 0 spiro atoms. The molecule has 0 amide bonds. The summed E-state index contributed by atoms with van der Waals surface area (Å²) in [5.41, 5.74) is 1.72. The summed E-state index contributed by atoms with van der Waals surface area (Å²) in [6.45, 7) is 5.68. The van der Waals surface area contributed by atoms with Crippen LogP contribution in [0.5, 0.6) is 5.75 Å². The third-order valence-electron chi connectivity index (χ3n) is 3.77. The van der Waals surface area contributed by atoms with Gasteiger partial charge in [-0.05, 0) is 40.6 Å². The minimum absolute atomic E-state index is 0.327. The number of hydrogen-bond donors (Lipinski definition) is 1. The van der Waals surface area contributed by atoms with Crippen LogP contribution in [0.15, 0.2) is 54.9 Å². The third-order valence-corrected chi connectivity index (χ3v) is 3.77. The van der Waals surface area contributed by atoms with E-state index in [2.05, 4.69) is 24.1 Å². The second-order valence-electron chi connectivity index (χ2n) is 6.07. The van der Waals surface area contributed by atoms with Crippen LogP contribution in [-0.4, -0.2) is 24.2 Å². The van der Waals surface area contributed by atoms with Crippen LogP contribution in [0.25, 0.3) is 21.9 Å². The van der Waals surface area contributed by atoms with Crippen LogP contribution >= 0.6 is 0 Å². The predicted octanol–water partition coefficient (Wildman–Crippen LogP) is 4.42. The number of halogens is 1. The first kappa shape index (κ1) is 16.4. The first-order valence-electron chi connectivity index (χ1n) is 8.13. The molecule has 24 heavy (non-hydrogen) atoms. The molecule has 3 rings (SSSR count). The van der Waals surface area contributed by atoms with Gasteiger partial charge in [0.15, 0.2) is 0 Å². The summed E-state index contributed by atoms with van der Waals surface area (Å²) in [5.74, 6) is 0.527. The molecular formula is C20H21FN2O. The molecule has 0 aliphatic heterocycles. The molecule has 0 unspecified atom stereocenters. The predicted molar refractivity (Wildman–Crippen MR) is 95.8 cm³/mol. The van der Waals surface area contributed by atoms with Gasteiger partial charge in [-0.1, -0.05) is 32.0 Å². The molecule has 0 atom stereocenters. The van der Waals surface area contributed by atoms with E-state index in [1.807, 2.05) is 36.4 Å². The highest BCUT2D eigenvalue weighted by Gasteiger charge is 2.03. The van der Waals surface area contributed by atoms with E-state index >= 15 is 0 Å². The molecule has 0 aliphatic carbocycles. The Hall–Kier alpha value is -2.46. The number of ether oxygens (including phenoxy) is 1. The Morgan fingerprint density at radius 1 is 1.00 bits per heavy atom. The van der Waals surface area contributed by atoms with E-state index in [-0.39, 0.29) is 5.82 Å². The number of hydrogen-bond acceptors (Lipinski definition) is 3. The average molecular weight is 324 g/mol. The fourth-order valence-electron chi connectivity index (χ4n) is 2.58. The minimum atomic E-state index is -0.327. The lowest BCUT2D eigenvalue weighted by atomic mass is 10.0. The highest BCUT2D eigenvalue weighted by atomic mass is 19.1. The van der Waals surface area contributed by atoms with E-state index in [0.29, 0.717) is 12.6 Å². The Balaban J connectivity index is 1.76. The van der Waals surface area contributed by atoms with Crippen LogP contribution in [0, 0.1) is 5.82 Å². The zero-order valence-electron chi connectivity index (χ0n) is 13.9. The summed E-state index contributed by atoms with van der Waals surface area (Å²) < 4.78 is 19.1. The summed E-state index contributed by atoms with van der Waals surface area (Å²) in [7, 11) is 0. The smallest absolute Gasteiger partial charge is 0.142 e. The normalized spacial score (nSPS) is 11.2. The maximum Gasteiger partial charge on any atom is 0.142 e. The van der Waals surface area contributed by atoms with Gasteiger partial charge in [0.2, 0.25) is 0 Å². The molecule has 0 bridgehead atoms. The topological polar surface area (TPSA) is 34.1 Å². The van der Waals surface area contributed by atoms with Gasteiger partial charge in [0.05, 0.1) is 6.20 Å². The standard InChI is InChI=1S/C20H21FN2O/c1-14(2)23-7-8-24-20-6-5-15-9-16(3-4-17(15)11-20)18-10-19(21)13-22-12-18/h3-6,9-14,23H,7-8H2,1-2H3. The second-order valence-corrected chi connectivity index (χ2v) is 6.07. The molecule has 1 heterocycles. The molecule has 0 fully saturated rings. The molecule has 4 heteroatoms. The van der Waals surface area contributed by atoms with Crippen molar-refractivity contribution in [3.63, 3.8) is 0 Å². The largest absolute Gasteiger partial charge is 0.492 e. The Labute approximate surface area is 141 Å². The van der Waals surface area contributed by atoms with Gasteiger partial charge < -0.3 is 10.1 Å². The number of aromatic nitrogens is 1. The van der Waals surface area contributed by atoms with Gasteiger partial charge in [-0.3, -0.25) is 4.98 Å². The molecule has 124 valence electrons. The SMILES string of the molecule is CC(C)NCCOc1ccc2cc(-c3cncc(F)c3)ccc2c1. The van der Waals surface area contributed by atoms with Crippen molar-refractivity contribution in [3.05, 3.63) is 60.7 Å². The van der Waals surface area contributed by atoms with E-state index in [4.69, 9.17) is 4.74 Å². The van der Waals surface area contributed by atoms with Gasteiger partial charge in [0.1, 0.15) is 18.2 Å². The Morgan fingerprint density at radius 3 is 2.58 bits per heavy atom. The number of nitrogens with zero attached hydrogens (tertiary/aromatic N) is 1. The van der Waals surface area contributed by atoms with Crippen molar-refractivity contribution in [1.82, 2.24) is 10.3 Å². The molecule has 1 N–H and O–H groups in total. The summed E-state index contributed by atoms with van der Waals surface area (Å²) in [6.07, 6.45) is 2.88. The fourth-order valence-corrected chi connectivity index (χ4v) is 2.58. The van der Waals surface area contributed by atoms with Crippen molar-refractivity contribution in [2.24, 2.45) is 0 Å². The van der Waals surface area contributed by atoms with Crippen molar-refractivity contribution in [1.29, 1.82) is 0 Å². The first-order chi connectivity index (χ1) is 11.6. The van der Waals surface area contributed by atoms with Crippen LogP contribution in [0.4, 0.5) is 4.39 Å². The van der Waals surface area contributed by atoms with Gasteiger partial charge >= 0.3 is 0 Å². The van der Waals surface area contributed by atoms with E-state index < -0.39 is 0 Å². The van der Waals surface area contributed by atoms with Crippen LogP contribution < -0.4 is 10.1 Å². The maximum atomic E-state index is 13.3. The van der Waals surface area contributed by atoms with Gasteiger partial charge in [-0.15, -0.1) is 0 Å². The number of fused-ring (bicyclic) bond motifs is 1. The highest BCUT2D eigenvalue weighted by Crippen LogP contribution is 2.27.